The van der Waals surface area contributed by atoms with Gasteiger partial charge in [-0.15, -0.1) is 0 Å². The fraction of sp³-hybridized carbons (Fsp3) is 0.269. The minimum atomic E-state index is 0.0671. The van der Waals surface area contributed by atoms with Gasteiger partial charge in [0.2, 0.25) is 0 Å². The number of nitrogens with zero attached hydrogens (tertiary/aromatic N) is 1. The summed E-state index contributed by atoms with van der Waals surface area (Å²) in [5.41, 5.74) is 10.9. The fourth-order valence-corrected chi connectivity index (χ4v) is 6.72. The third kappa shape index (κ3) is 1.58. The normalized spacial score (nSPS) is 25.0. The van der Waals surface area contributed by atoms with Gasteiger partial charge in [0.1, 0.15) is 6.23 Å². The summed E-state index contributed by atoms with van der Waals surface area (Å²) in [7, 11) is 0. The SMILES string of the molecule is Cc1ccc2c(c1)C1c3c-2c2c(c4c5ccccc5n(c34)C3CCC1O3)CNC2=O. The summed E-state index contributed by atoms with van der Waals surface area (Å²) in [6.07, 6.45) is 2.34. The van der Waals surface area contributed by atoms with E-state index < -0.39 is 0 Å². The van der Waals surface area contributed by atoms with Gasteiger partial charge in [-0.05, 0) is 48.1 Å². The second-order valence-electron chi connectivity index (χ2n) is 9.21. The maximum Gasteiger partial charge on any atom is 0.252 e. The van der Waals surface area contributed by atoms with Gasteiger partial charge in [0.15, 0.2) is 0 Å². The van der Waals surface area contributed by atoms with Gasteiger partial charge in [-0.1, -0.05) is 42.0 Å². The molecule has 1 fully saturated rings. The van der Waals surface area contributed by atoms with E-state index in [1.807, 2.05) is 0 Å². The Kier molecular flexibility index (Phi) is 2.59. The van der Waals surface area contributed by atoms with Crippen LogP contribution in [0.4, 0.5) is 0 Å². The largest absolute Gasteiger partial charge is 0.354 e. The van der Waals surface area contributed by atoms with Crippen molar-refractivity contribution in [3.63, 3.8) is 0 Å². The van der Waals surface area contributed by atoms with Gasteiger partial charge < -0.3 is 14.6 Å². The summed E-state index contributed by atoms with van der Waals surface area (Å²) in [4.78, 5) is 13.1. The summed E-state index contributed by atoms with van der Waals surface area (Å²) in [5.74, 6) is 0.268. The Morgan fingerprint density at radius 1 is 1.10 bits per heavy atom. The molecule has 0 saturated carbocycles. The molecular formula is C26H20N2O2. The lowest BCUT2D eigenvalue weighted by molar-refractivity contribution is 0.00493. The quantitative estimate of drug-likeness (QED) is 0.450. The van der Waals surface area contributed by atoms with Crippen molar-refractivity contribution in [2.24, 2.45) is 0 Å². The topological polar surface area (TPSA) is 43.3 Å². The zero-order chi connectivity index (χ0) is 19.7. The number of benzene rings is 3. The average Bonchev–Trinajstić information content (AvgIpc) is 3.46. The van der Waals surface area contributed by atoms with Crippen molar-refractivity contribution >= 4 is 27.7 Å². The van der Waals surface area contributed by atoms with Crippen molar-refractivity contribution in [3.05, 3.63) is 70.3 Å². The van der Waals surface area contributed by atoms with E-state index in [4.69, 9.17) is 4.74 Å². The zero-order valence-corrected chi connectivity index (χ0v) is 16.7. The van der Waals surface area contributed by atoms with Crippen molar-refractivity contribution in [1.82, 2.24) is 9.88 Å². The second-order valence-corrected chi connectivity index (χ2v) is 9.21. The molecule has 146 valence electrons. The van der Waals surface area contributed by atoms with Gasteiger partial charge in [0.05, 0.1) is 22.7 Å². The van der Waals surface area contributed by atoms with Crippen LogP contribution in [0.3, 0.4) is 0 Å². The molecular weight excluding hydrogens is 372 g/mol. The highest BCUT2D eigenvalue weighted by atomic mass is 16.5. The number of hydrogen-bond donors (Lipinski definition) is 1. The Hall–Kier alpha value is -3.11. The molecule has 1 N–H and O–H groups in total. The van der Waals surface area contributed by atoms with E-state index in [0.29, 0.717) is 6.54 Å². The van der Waals surface area contributed by atoms with Crippen LogP contribution in [0.1, 0.15) is 57.6 Å². The Morgan fingerprint density at radius 3 is 2.93 bits per heavy atom. The molecule has 1 amide bonds. The van der Waals surface area contributed by atoms with Crippen molar-refractivity contribution in [3.8, 4) is 11.1 Å². The molecule has 4 aliphatic rings. The number of rotatable bonds is 0. The van der Waals surface area contributed by atoms with Gasteiger partial charge in [-0.2, -0.15) is 0 Å². The lowest BCUT2D eigenvalue weighted by Gasteiger charge is -2.20. The summed E-state index contributed by atoms with van der Waals surface area (Å²) in [6, 6.07) is 15.4. The van der Waals surface area contributed by atoms with Crippen LogP contribution >= 0.6 is 0 Å². The molecule has 4 heterocycles. The number of carbonyl (C=O) groups excluding carboxylic acids is 1. The van der Waals surface area contributed by atoms with Gasteiger partial charge in [0, 0.05) is 28.8 Å². The van der Waals surface area contributed by atoms with E-state index in [-0.39, 0.29) is 24.2 Å². The van der Waals surface area contributed by atoms with E-state index in [2.05, 4.69) is 59.3 Å². The molecule has 4 aromatic rings. The first-order chi connectivity index (χ1) is 14.7. The summed E-state index contributed by atoms with van der Waals surface area (Å²) in [5, 5.41) is 5.62. The van der Waals surface area contributed by atoms with Crippen molar-refractivity contribution in [2.45, 2.75) is 44.6 Å². The van der Waals surface area contributed by atoms with Crippen LogP contribution in [0.2, 0.25) is 0 Å². The first-order valence-corrected chi connectivity index (χ1v) is 10.9. The van der Waals surface area contributed by atoms with Crippen LogP contribution < -0.4 is 5.32 Å². The van der Waals surface area contributed by atoms with E-state index in [1.54, 1.807) is 0 Å². The fourth-order valence-electron chi connectivity index (χ4n) is 6.72. The predicted molar refractivity (Wildman–Crippen MR) is 116 cm³/mol. The Morgan fingerprint density at radius 2 is 2.00 bits per heavy atom. The predicted octanol–water partition coefficient (Wildman–Crippen LogP) is 5.15. The maximum atomic E-state index is 13.1. The molecule has 1 aliphatic carbocycles. The molecule has 0 radical (unpaired) electrons. The van der Waals surface area contributed by atoms with Crippen LogP contribution in [-0.4, -0.2) is 16.6 Å². The number of amides is 1. The van der Waals surface area contributed by atoms with Crippen LogP contribution in [0.25, 0.3) is 32.9 Å². The molecule has 3 aromatic carbocycles. The van der Waals surface area contributed by atoms with E-state index in [0.717, 1.165) is 29.5 Å². The number of aryl methyl sites for hydroxylation is 1. The molecule has 0 spiro atoms. The molecule has 3 unspecified atom stereocenters. The van der Waals surface area contributed by atoms with Crippen molar-refractivity contribution in [2.75, 3.05) is 0 Å². The average molecular weight is 392 g/mol. The van der Waals surface area contributed by atoms with Crippen LogP contribution in [0, 0.1) is 6.92 Å². The van der Waals surface area contributed by atoms with Gasteiger partial charge in [-0.3, -0.25) is 4.79 Å². The third-order valence-electron chi connectivity index (χ3n) is 7.75. The number of ether oxygens (including phenoxy) is 1. The number of fused-ring (bicyclic) bond motifs is 13. The molecule has 8 rings (SSSR count). The van der Waals surface area contributed by atoms with Crippen LogP contribution in [0.15, 0.2) is 42.5 Å². The first kappa shape index (κ1) is 15.7. The number of para-hydroxylation sites is 1. The molecule has 4 heteroatoms. The van der Waals surface area contributed by atoms with Crippen LogP contribution in [0.5, 0.6) is 0 Å². The molecule has 2 bridgehead atoms. The molecule has 1 aromatic heterocycles. The van der Waals surface area contributed by atoms with Crippen molar-refractivity contribution < 1.29 is 9.53 Å². The first-order valence-electron chi connectivity index (χ1n) is 10.9. The lowest BCUT2D eigenvalue weighted by Crippen LogP contribution is -2.16. The minimum absolute atomic E-state index is 0.0671. The molecule has 3 aliphatic heterocycles. The zero-order valence-electron chi connectivity index (χ0n) is 16.7. The Bertz CT molecular complexity index is 1480. The van der Waals surface area contributed by atoms with E-state index in [9.17, 15) is 4.79 Å². The number of carbonyl (C=O) groups is 1. The summed E-state index contributed by atoms with van der Waals surface area (Å²) < 4.78 is 9.17. The summed E-state index contributed by atoms with van der Waals surface area (Å²) >= 11 is 0. The smallest absolute Gasteiger partial charge is 0.252 e. The summed E-state index contributed by atoms with van der Waals surface area (Å²) in [6.45, 7) is 2.76. The monoisotopic (exact) mass is 392 g/mol. The Balaban J connectivity index is 1.69. The highest BCUT2D eigenvalue weighted by Crippen LogP contribution is 2.59. The molecule has 30 heavy (non-hydrogen) atoms. The number of aromatic nitrogens is 1. The Labute approximate surface area is 173 Å². The molecule has 3 atom stereocenters. The van der Waals surface area contributed by atoms with Gasteiger partial charge >= 0.3 is 0 Å². The third-order valence-corrected chi connectivity index (χ3v) is 7.75. The highest BCUT2D eigenvalue weighted by Gasteiger charge is 2.48. The molecule has 4 nitrogen and oxygen atoms in total. The van der Waals surface area contributed by atoms with Gasteiger partial charge in [0.25, 0.3) is 5.91 Å². The maximum absolute atomic E-state index is 13.1. The highest BCUT2D eigenvalue weighted by molar-refractivity contribution is 6.20. The van der Waals surface area contributed by atoms with Crippen LogP contribution in [-0.2, 0) is 11.3 Å². The number of nitrogens with one attached hydrogen (secondary N) is 1. The number of hydrogen-bond acceptors (Lipinski definition) is 2. The van der Waals surface area contributed by atoms with E-state index in [1.165, 1.54) is 44.1 Å². The molecule has 1 saturated heterocycles. The lowest BCUT2D eigenvalue weighted by atomic mass is 9.85. The minimum Gasteiger partial charge on any atom is -0.354 e. The second kappa shape index (κ2) is 4.96. The van der Waals surface area contributed by atoms with Crippen molar-refractivity contribution in [1.29, 1.82) is 0 Å². The standard InChI is InChI=1S/C26H20N2O2/c1-12-6-7-13-15(10-12)21-18-8-9-19(30-18)28-17-5-3-2-4-14(17)20-16-11-27-26(29)23(16)22(13)24(21)25(20)28/h2-7,10,18-19,21H,8-9,11H2,1H3,(H,27,29). The van der Waals surface area contributed by atoms with Gasteiger partial charge in [-0.25, -0.2) is 0 Å². The van der Waals surface area contributed by atoms with E-state index >= 15 is 0 Å².